The maximum atomic E-state index is 12.1. The van der Waals surface area contributed by atoms with Gasteiger partial charge in [0.25, 0.3) is 0 Å². The minimum Gasteiger partial charge on any atom is -0.352 e. The van der Waals surface area contributed by atoms with Crippen LogP contribution in [0, 0.1) is 0 Å². The zero-order valence-corrected chi connectivity index (χ0v) is 17.1. The summed E-state index contributed by atoms with van der Waals surface area (Å²) in [6.45, 7) is 0.786. The van der Waals surface area contributed by atoms with E-state index in [4.69, 9.17) is 23.2 Å². The lowest BCUT2D eigenvalue weighted by Crippen LogP contribution is -2.32. The van der Waals surface area contributed by atoms with E-state index in [1.165, 1.54) is 28.8 Å². The lowest BCUT2D eigenvalue weighted by molar-refractivity contribution is -0.120. The molecule has 0 aliphatic heterocycles. The number of amides is 1. The van der Waals surface area contributed by atoms with Crippen LogP contribution in [0.25, 0.3) is 0 Å². The molecule has 0 saturated heterocycles. The number of sulfonamides is 1. The summed E-state index contributed by atoms with van der Waals surface area (Å²) in [6.07, 6.45) is 8.52. The van der Waals surface area contributed by atoms with Crippen LogP contribution in [0.2, 0.25) is 10.0 Å². The molecule has 0 bridgehead atoms. The number of halogens is 2. The Hall–Kier alpha value is -1.24. The standard InChI is InChI=1S/C18H24Cl2N2O3S/c1-26(24,25)22(15-9-10-16(19)17(20)12-15)11-5-8-18(23)21-13-14-6-3-2-4-7-14/h6,9-10,12H,2-5,7-8,11,13H2,1H3,(H,21,23). The number of allylic oxidation sites excluding steroid dienone is 1. The van der Waals surface area contributed by atoms with Crippen LogP contribution in [0.15, 0.2) is 29.8 Å². The van der Waals surface area contributed by atoms with E-state index in [0.29, 0.717) is 23.7 Å². The quantitative estimate of drug-likeness (QED) is 0.644. The number of rotatable bonds is 8. The summed E-state index contributed by atoms with van der Waals surface area (Å²) in [5, 5.41) is 3.56. The van der Waals surface area contributed by atoms with Crippen LogP contribution in [0.1, 0.15) is 38.5 Å². The molecule has 0 saturated carbocycles. The summed E-state index contributed by atoms with van der Waals surface area (Å²) in [4.78, 5) is 12.0. The van der Waals surface area contributed by atoms with Gasteiger partial charge in [0.2, 0.25) is 15.9 Å². The Kier molecular flexibility index (Phi) is 7.80. The van der Waals surface area contributed by atoms with Crippen molar-refractivity contribution in [3.63, 3.8) is 0 Å². The number of benzene rings is 1. The van der Waals surface area contributed by atoms with Gasteiger partial charge in [-0.05, 0) is 50.3 Å². The summed E-state index contributed by atoms with van der Waals surface area (Å²) in [5.41, 5.74) is 1.72. The minimum atomic E-state index is -3.48. The second-order valence-electron chi connectivity index (χ2n) is 6.42. The third-order valence-corrected chi connectivity index (χ3v) is 6.19. The van der Waals surface area contributed by atoms with Crippen molar-refractivity contribution in [2.75, 3.05) is 23.7 Å². The molecule has 8 heteroatoms. The Morgan fingerprint density at radius 2 is 2.00 bits per heavy atom. The van der Waals surface area contributed by atoms with Crippen molar-refractivity contribution in [2.24, 2.45) is 0 Å². The molecule has 1 aromatic rings. The Morgan fingerprint density at radius 1 is 1.23 bits per heavy atom. The van der Waals surface area contributed by atoms with Gasteiger partial charge in [-0.15, -0.1) is 0 Å². The highest BCUT2D eigenvalue weighted by molar-refractivity contribution is 7.92. The molecule has 0 atom stereocenters. The van der Waals surface area contributed by atoms with E-state index in [9.17, 15) is 13.2 Å². The maximum Gasteiger partial charge on any atom is 0.232 e. The zero-order chi connectivity index (χ0) is 19.2. The van der Waals surface area contributed by atoms with Crippen LogP contribution in [0.3, 0.4) is 0 Å². The molecule has 0 spiro atoms. The third-order valence-electron chi connectivity index (χ3n) is 4.25. The van der Waals surface area contributed by atoms with E-state index in [1.54, 1.807) is 12.1 Å². The maximum absolute atomic E-state index is 12.1. The number of carbonyl (C=O) groups excluding carboxylic acids is 1. The third kappa shape index (κ3) is 6.49. The number of hydrogen-bond acceptors (Lipinski definition) is 3. The Labute approximate surface area is 165 Å². The molecule has 1 aromatic carbocycles. The van der Waals surface area contributed by atoms with Crippen molar-refractivity contribution in [3.8, 4) is 0 Å². The molecule has 5 nitrogen and oxygen atoms in total. The van der Waals surface area contributed by atoms with Crippen molar-refractivity contribution in [2.45, 2.75) is 38.5 Å². The second-order valence-corrected chi connectivity index (χ2v) is 9.14. The van der Waals surface area contributed by atoms with Crippen LogP contribution in [0.4, 0.5) is 5.69 Å². The molecule has 26 heavy (non-hydrogen) atoms. The van der Waals surface area contributed by atoms with Crippen LogP contribution < -0.4 is 9.62 Å². The highest BCUT2D eigenvalue weighted by Gasteiger charge is 2.18. The SMILES string of the molecule is CS(=O)(=O)N(CCCC(=O)NCC1=CCCCC1)c1ccc(Cl)c(Cl)c1. The van der Waals surface area contributed by atoms with Gasteiger partial charge in [0, 0.05) is 19.5 Å². The highest BCUT2D eigenvalue weighted by Crippen LogP contribution is 2.28. The van der Waals surface area contributed by atoms with Gasteiger partial charge in [0.15, 0.2) is 0 Å². The van der Waals surface area contributed by atoms with Crippen molar-refractivity contribution in [3.05, 3.63) is 39.9 Å². The monoisotopic (exact) mass is 418 g/mol. The van der Waals surface area contributed by atoms with Gasteiger partial charge in [0.1, 0.15) is 0 Å². The molecule has 1 amide bonds. The average molecular weight is 419 g/mol. The van der Waals surface area contributed by atoms with Gasteiger partial charge in [-0.3, -0.25) is 9.10 Å². The van der Waals surface area contributed by atoms with Crippen LogP contribution in [-0.2, 0) is 14.8 Å². The van der Waals surface area contributed by atoms with Crippen molar-refractivity contribution in [1.82, 2.24) is 5.32 Å². The van der Waals surface area contributed by atoms with Crippen LogP contribution in [0.5, 0.6) is 0 Å². The first-order chi connectivity index (χ1) is 12.3. The summed E-state index contributed by atoms with van der Waals surface area (Å²) in [6, 6.07) is 4.67. The highest BCUT2D eigenvalue weighted by atomic mass is 35.5. The van der Waals surface area contributed by atoms with E-state index in [-0.39, 0.29) is 23.9 Å². The number of nitrogens with one attached hydrogen (secondary N) is 1. The molecule has 0 fully saturated rings. The number of anilines is 1. The van der Waals surface area contributed by atoms with E-state index in [2.05, 4.69) is 11.4 Å². The number of carbonyl (C=O) groups is 1. The van der Waals surface area contributed by atoms with Gasteiger partial charge < -0.3 is 5.32 Å². The molecule has 0 heterocycles. The Balaban J connectivity index is 1.88. The zero-order valence-electron chi connectivity index (χ0n) is 14.8. The molecular formula is C18H24Cl2N2O3S. The molecule has 1 aliphatic rings. The van der Waals surface area contributed by atoms with Gasteiger partial charge in [-0.25, -0.2) is 8.42 Å². The van der Waals surface area contributed by atoms with Gasteiger partial charge in [0.05, 0.1) is 22.0 Å². The van der Waals surface area contributed by atoms with E-state index in [1.807, 2.05) is 0 Å². The van der Waals surface area contributed by atoms with Gasteiger partial charge in [-0.1, -0.05) is 34.9 Å². The first-order valence-electron chi connectivity index (χ1n) is 8.65. The van der Waals surface area contributed by atoms with E-state index >= 15 is 0 Å². The molecule has 0 unspecified atom stereocenters. The van der Waals surface area contributed by atoms with Crippen LogP contribution in [-0.4, -0.2) is 33.7 Å². The lowest BCUT2D eigenvalue weighted by atomic mass is 10.00. The Morgan fingerprint density at radius 3 is 2.62 bits per heavy atom. The number of nitrogens with zero attached hydrogens (tertiary/aromatic N) is 1. The van der Waals surface area contributed by atoms with Gasteiger partial charge in [-0.2, -0.15) is 0 Å². The molecule has 1 aliphatic carbocycles. The first kappa shape index (κ1) is 21.1. The van der Waals surface area contributed by atoms with Gasteiger partial charge >= 0.3 is 0 Å². The topological polar surface area (TPSA) is 66.5 Å². The molecular weight excluding hydrogens is 395 g/mol. The normalized spacial score (nSPS) is 14.7. The van der Waals surface area contributed by atoms with Crippen molar-refractivity contribution in [1.29, 1.82) is 0 Å². The largest absolute Gasteiger partial charge is 0.352 e. The summed E-state index contributed by atoms with van der Waals surface area (Å²) >= 11 is 11.9. The second kappa shape index (κ2) is 9.62. The van der Waals surface area contributed by atoms with E-state index in [0.717, 1.165) is 19.1 Å². The van der Waals surface area contributed by atoms with Crippen LogP contribution >= 0.6 is 23.2 Å². The predicted octanol–water partition coefficient (Wildman–Crippen LogP) is 4.16. The molecule has 2 rings (SSSR count). The molecule has 0 aromatic heterocycles. The summed E-state index contributed by atoms with van der Waals surface area (Å²) in [5.74, 6) is -0.0703. The van der Waals surface area contributed by atoms with Crippen molar-refractivity contribution < 1.29 is 13.2 Å². The molecule has 0 radical (unpaired) electrons. The molecule has 144 valence electrons. The average Bonchev–Trinajstić information content (AvgIpc) is 2.59. The lowest BCUT2D eigenvalue weighted by Gasteiger charge is -2.22. The summed E-state index contributed by atoms with van der Waals surface area (Å²) < 4.78 is 25.4. The first-order valence-corrected chi connectivity index (χ1v) is 11.2. The molecule has 1 N–H and O–H groups in total. The number of hydrogen-bond donors (Lipinski definition) is 1. The predicted molar refractivity (Wildman–Crippen MR) is 107 cm³/mol. The minimum absolute atomic E-state index is 0.0703. The fraction of sp³-hybridized carbons (Fsp3) is 0.500. The fourth-order valence-corrected chi connectivity index (χ4v) is 4.13. The van der Waals surface area contributed by atoms with Crippen molar-refractivity contribution >= 4 is 44.8 Å². The Bertz CT molecular complexity index is 779. The smallest absolute Gasteiger partial charge is 0.232 e. The van der Waals surface area contributed by atoms with E-state index < -0.39 is 10.0 Å². The fourth-order valence-electron chi connectivity index (χ4n) is 2.88. The summed E-state index contributed by atoms with van der Waals surface area (Å²) in [7, 11) is -3.48.